The zero-order valence-electron chi connectivity index (χ0n) is 16.8. The minimum atomic E-state index is -1.49. The van der Waals surface area contributed by atoms with Gasteiger partial charge in [-0.1, -0.05) is 24.3 Å². The van der Waals surface area contributed by atoms with Crippen molar-refractivity contribution in [1.29, 1.82) is 5.26 Å². The Morgan fingerprint density at radius 3 is 2.47 bits per heavy atom. The van der Waals surface area contributed by atoms with Crippen LogP contribution in [0.1, 0.15) is 30.4 Å². The first-order chi connectivity index (χ1) is 14.5. The summed E-state index contributed by atoms with van der Waals surface area (Å²) in [5, 5.41) is 21.9. The molecule has 30 heavy (non-hydrogen) atoms. The van der Waals surface area contributed by atoms with Crippen LogP contribution < -0.4 is 9.47 Å². The van der Waals surface area contributed by atoms with Crippen molar-refractivity contribution in [2.45, 2.75) is 25.0 Å². The van der Waals surface area contributed by atoms with Crippen molar-refractivity contribution in [3.63, 3.8) is 0 Å². The van der Waals surface area contributed by atoms with E-state index in [2.05, 4.69) is 6.07 Å². The molecular weight excluding hydrogens is 400 g/mol. The summed E-state index contributed by atoms with van der Waals surface area (Å²) in [6.07, 6.45) is 0.124. The molecule has 2 aromatic carbocycles. The van der Waals surface area contributed by atoms with Crippen LogP contribution in [0.5, 0.6) is 11.5 Å². The van der Waals surface area contributed by atoms with E-state index < -0.39 is 5.72 Å². The van der Waals surface area contributed by atoms with Gasteiger partial charge in [0.2, 0.25) is 5.91 Å². The summed E-state index contributed by atoms with van der Waals surface area (Å²) in [4.78, 5) is 14.6. The Labute approximate surface area is 179 Å². The molecule has 1 amide bonds. The van der Waals surface area contributed by atoms with E-state index in [0.717, 1.165) is 5.56 Å². The van der Waals surface area contributed by atoms with E-state index in [1.54, 1.807) is 31.4 Å². The monoisotopic (exact) mass is 422 g/mol. The van der Waals surface area contributed by atoms with Gasteiger partial charge in [0.1, 0.15) is 11.5 Å². The summed E-state index contributed by atoms with van der Waals surface area (Å²) in [6, 6.07) is 16.8. The maximum atomic E-state index is 13.2. The smallest absolute Gasteiger partial charge is 0.231 e. The summed E-state index contributed by atoms with van der Waals surface area (Å²) in [5.41, 5.74) is 0.494. The second-order valence-electron chi connectivity index (χ2n) is 7.15. The Morgan fingerprint density at radius 1 is 1.20 bits per heavy atom. The molecule has 2 aliphatic heterocycles. The van der Waals surface area contributed by atoms with E-state index >= 15 is 0 Å². The van der Waals surface area contributed by atoms with Crippen molar-refractivity contribution >= 4 is 17.7 Å². The predicted octanol–water partition coefficient (Wildman–Crippen LogP) is 3.74. The number of benzene rings is 2. The minimum absolute atomic E-state index is 0.124. The van der Waals surface area contributed by atoms with Crippen LogP contribution in [-0.2, 0) is 10.5 Å². The van der Waals surface area contributed by atoms with Crippen LogP contribution in [0.25, 0.3) is 0 Å². The third kappa shape index (κ3) is 3.32. The Kier molecular flexibility index (Phi) is 5.46. The quantitative estimate of drug-likeness (QED) is 0.790. The van der Waals surface area contributed by atoms with Gasteiger partial charge in [0.05, 0.1) is 36.1 Å². The lowest BCUT2D eigenvalue weighted by atomic mass is 9.85. The molecule has 0 aromatic heterocycles. The molecule has 154 valence electrons. The number of allylic oxidation sites excluding steroid dienone is 1. The van der Waals surface area contributed by atoms with Gasteiger partial charge in [-0.25, -0.2) is 0 Å². The van der Waals surface area contributed by atoms with E-state index in [0.29, 0.717) is 34.3 Å². The van der Waals surface area contributed by atoms with Crippen LogP contribution in [0.3, 0.4) is 0 Å². The molecule has 0 spiro atoms. The fourth-order valence-corrected chi connectivity index (χ4v) is 5.30. The molecule has 4 rings (SSSR count). The van der Waals surface area contributed by atoms with Crippen LogP contribution in [0, 0.1) is 11.3 Å². The van der Waals surface area contributed by atoms with Crippen molar-refractivity contribution in [1.82, 2.24) is 4.90 Å². The highest BCUT2D eigenvalue weighted by Gasteiger charge is 2.51. The maximum absolute atomic E-state index is 13.2. The number of amides is 1. The molecule has 0 aliphatic carbocycles. The number of fused-ring (bicyclic) bond motifs is 1. The number of ether oxygens (including phenoxy) is 2. The van der Waals surface area contributed by atoms with E-state index in [9.17, 15) is 15.2 Å². The van der Waals surface area contributed by atoms with Crippen LogP contribution in [0.15, 0.2) is 59.1 Å². The third-order valence-corrected chi connectivity index (χ3v) is 6.68. The number of carbonyl (C=O) groups excluding carboxylic acids is 1. The molecule has 2 aliphatic rings. The van der Waals surface area contributed by atoms with Gasteiger partial charge in [-0.05, 0) is 36.8 Å². The number of nitrogens with zero attached hydrogens (tertiary/aromatic N) is 2. The fourth-order valence-electron chi connectivity index (χ4n) is 3.94. The third-order valence-electron chi connectivity index (χ3n) is 5.46. The molecule has 6 nitrogen and oxygen atoms in total. The summed E-state index contributed by atoms with van der Waals surface area (Å²) in [6.45, 7) is 2.45. The molecule has 0 saturated carbocycles. The van der Waals surface area contributed by atoms with Gasteiger partial charge in [0, 0.05) is 17.9 Å². The maximum Gasteiger partial charge on any atom is 0.231 e. The normalized spacial score (nSPS) is 23.2. The lowest BCUT2D eigenvalue weighted by molar-refractivity contribution is -0.149. The zero-order valence-corrected chi connectivity index (χ0v) is 17.6. The second-order valence-corrected chi connectivity index (χ2v) is 8.12. The number of aliphatic hydroxyl groups is 1. The van der Waals surface area contributed by atoms with Crippen molar-refractivity contribution in [3.05, 3.63) is 70.3 Å². The summed E-state index contributed by atoms with van der Waals surface area (Å²) >= 11 is 1.34. The molecule has 1 fully saturated rings. The Bertz CT molecular complexity index is 1030. The van der Waals surface area contributed by atoms with Gasteiger partial charge in [-0.3, -0.25) is 9.69 Å². The standard InChI is InChI=1S/C23H22N2O4S/c1-3-29-18-10-6-16(7-11-18)23(27)14-30-22-20(13-24)19(12-21(26)25(22)23)15-4-8-17(28-2)9-5-15/h4-11,19,27H,3,12,14H2,1-2H3/t19-,23-/m1/s1. The Hall–Kier alpha value is -2.95. The van der Waals surface area contributed by atoms with Gasteiger partial charge in [-0.2, -0.15) is 5.26 Å². The van der Waals surface area contributed by atoms with Gasteiger partial charge in [0.15, 0.2) is 5.72 Å². The SMILES string of the molecule is CCOc1ccc([C@]2(O)CSC3=C(C#N)[C@@H](c4ccc(OC)cc4)CC(=O)N32)cc1. The van der Waals surface area contributed by atoms with Crippen LogP contribution in [0.4, 0.5) is 0 Å². The minimum Gasteiger partial charge on any atom is -0.497 e. The summed E-state index contributed by atoms with van der Waals surface area (Å²) in [5.74, 6) is 1.14. The lowest BCUT2D eigenvalue weighted by Crippen LogP contribution is -2.48. The molecule has 1 saturated heterocycles. The van der Waals surface area contributed by atoms with E-state index in [1.165, 1.54) is 16.7 Å². The average molecular weight is 423 g/mol. The van der Waals surface area contributed by atoms with Crippen LogP contribution >= 0.6 is 11.8 Å². The number of hydrogen-bond acceptors (Lipinski definition) is 6. The predicted molar refractivity (Wildman–Crippen MR) is 114 cm³/mol. The highest BCUT2D eigenvalue weighted by atomic mass is 32.2. The van der Waals surface area contributed by atoms with Crippen molar-refractivity contribution in [2.75, 3.05) is 19.5 Å². The van der Waals surface area contributed by atoms with Gasteiger partial charge < -0.3 is 14.6 Å². The fraction of sp³-hybridized carbons (Fsp3) is 0.304. The van der Waals surface area contributed by atoms with Gasteiger partial charge in [0.25, 0.3) is 0 Å². The molecule has 0 bridgehead atoms. The van der Waals surface area contributed by atoms with E-state index in [-0.39, 0.29) is 24.0 Å². The van der Waals surface area contributed by atoms with Crippen LogP contribution in [0.2, 0.25) is 0 Å². The molecule has 2 atom stereocenters. The van der Waals surface area contributed by atoms with Crippen molar-refractivity contribution < 1.29 is 19.4 Å². The summed E-state index contributed by atoms with van der Waals surface area (Å²) < 4.78 is 10.7. The first-order valence-electron chi connectivity index (χ1n) is 9.71. The Balaban J connectivity index is 1.71. The summed E-state index contributed by atoms with van der Waals surface area (Å²) in [7, 11) is 1.59. The molecule has 1 N–H and O–H groups in total. The number of thioether (sulfide) groups is 1. The average Bonchev–Trinajstić information content (AvgIpc) is 3.13. The first-order valence-corrected chi connectivity index (χ1v) is 10.7. The number of carbonyl (C=O) groups is 1. The highest BCUT2D eigenvalue weighted by Crippen LogP contribution is 2.51. The lowest BCUT2D eigenvalue weighted by Gasteiger charge is -2.38. The van der Waals surface area contributed by atoms with Gasteiger partial charge in [-0.15, -0.1) is 11.8 Å². The van der Waals surface area contributed by atoms with Crippen LogP contribution in [-0.4, -0.2) is 35.4 Å². The largest absolute Gasteiger partial charge is 0.497 e. The Morgan fingerprint density at radius 2 is 1.87 bits per heavy atom. The van der Waals surface area contributed by atoms with Gasteiger partial charge >= 0.3 is 0 Å². The van der Waals surface area contributed by atoms with Crippen molar-refractivity contribution in [3.8, 4) is 17.6 Å². The number of nitriles is 1. The molecule has 0 unspecified atom stereocenters. The number of methoxy groups -OCH3 is 1. The molecule has 0 radical (unpaired) electrons. The highest BCUT2D eigenvalue weighted by molar-refractivity contribution is 8.03. The molecular formula is C23H22N2O4S. The zero-order chi connectivity index (χ0) is 21.3. The molecule has 2 heterocycles. The number of rotatable bonds is 5. The molecule has 2 aromatic rings. The first kappa shape index (κ1) is 20.3. The van der Waals surface area contributed by atoms with E-state index in [4.69, 9.17) is 9.47 Å². The topological polar surface area (TPSA) is 82.8 Å². The van der Waals surface area contributed by atoms with E-state index in [1.807, 2.05) is 31.2 Å². The second kappa shape index (κ2) is 8.05. The molecule has 7 heteroatoms. The number of hydrogen-bond donors (Lipinski definition) is 1. The van der Waals surface area contributed by atoms with Crippen molar-refractivity contribution in [2.24, 2.45) is 0 Å².